The molecule has 4 bridgehead atoms. The number of benzene rings is 1. The van der Waals surface area contributed by atoms with E-state index >= 15 is 0 Å². The Labute approximate surface area is 139 Å². The zero-order valence-electron chi connectivity index (χ0n) is 13.3. The summed E-state index contributed by atoms with van der Waals surface area (Å²) in [5.74, 6) is 0. The van der Waals surface area contributed by atoms with Crippen LogP contribution in [0.2, 0.25) is 0 Å². The second-order valence-corrected chi connectivity index (χ2v) is 7.29. The number of ether oxygens (including phenoxy) is 6. The molecule has 128 valence electrons. The second-order valence-electron chi connectivity index (χ2n) is 7.29. The van der Waals surface area contributed by atoms with Crippen LogP contribution in [0.5, 0.6) is 0 Å². The van der Waals surface area contributed by atoms with Crippen molar-refractivity contribution < 1.29 is 28.4 Å². The summed E-state index contributed by atoms with van der Waals surface area (Å²) < 4.78 is 36.4. The van der Waals surface area contributed by atoms with Crippen LogP contribution in [-0.2, 0) is 35.0 Å². The van der Waals surface area contributed by atoms with Crippen LogP contribution in [0.15, 0.2) is 30.3 Å². The molecule has 6 nitrogen and oxygen atoms in total. The molecule has 1 saturated carbocycles. The summed E-state index contributed by atoms with van der Waals surface area (Å²) in [5, 5.41) is 0. The lowest BCUT2D eigenvalue weighted by Crippen LogP contribution is -2.89. The molecule has 6 aliphatic rings. The third-order valence-corrected chi connectivity index (χ3v) is 6.22. The Morgan fingerprint density at radius 3 is 2.08 bits per heavy atom. The first-order chi connectivity index (χ1) is 11.8. The fourth-order valence-corrected chi connectivity index (χ4v) is 4.97. The lowest BCUT2D eigenvalue weighted by Gasteiger charge is -2.72. The maximum absolute atomic E-state index is 6.30. The minimum absolute atomic E-state index is 0.119. The Morgan fingerprint density at radius 1 is 0.917 bits per heavy atom. The molecule has 6 fully saturated rings. The van der Waals surface area contributed by atoms with Crippen LogP contribution in [0.25, 0.3) is 0 Å². The van der Waals surface area contributed by atoms with Gasteiger partial charge in [-0.2, -0.15) is 0 Å². The van der Waals surface area contributed by atoms with Gasteiger partial charge in [-0.1, -0.05) is 30.3 Å². The summed E-state index contributed by atoms with van der Waals surface area (Å²) >= 11 is 0. The fraction of sp³-hybridized carbons (Fsp3) is 0.667. The predicted molar refractivity (Wildman–Crippen MR) is 80.0 cm³/mol. The van der Waals surface area contributed by atoms with Gasteiger partial charge in [0, 0.05) is 12.8 Å². The molecule has 1 aliphatic carbocycles. The Bertz CT molecular complexity index is 608. The van der Waals surface area contributed by atoms with E-state index in [1.54, 1.807) is 0 Å². The molecule has 0 N–H and O–H groups in total. The minimum Gasteiger partial charge on any atom is -0.369 e. The highest BCUT2D eigenvalue weighted by atomic mass is 16.9. The molecule has 0 amide bonds. The van der Waals surface area contributed by atoms with E-state index in [2.05, 4.69) is 12.1 Å². The average Bonchev–Trinajstić information content (AvgIpc) is 2.52. The van der Waals surface area contributed by atoms with Crippen molar-refractivity contribution in [2.75, 3.05) is 13.2 Å². The molecule has 0 aromatic heterocycles. The van der Waals surface area contributed by atoms with Crippen LogP contribution in [0.4, 0.5) is 0 Å². The highest BCUT2D eigenvalue weighted by Crippen LogP contribution is 2.60. The maximum Gasteiger partial charge on any atom is 0.273 e. The molecule has 4 atom stereocenters. The first kappa shape index (κ1) is 14.2. The van der Waals surface area contributed by atoms with Gasteiger partial charge in [-0.05, 0) is 5.56 Å². The molecule has 5 saturated heterocycles. The van der Waals surface area contributed by atoms with Crippen molar-refractivity contribution in [2.45, 2.75) is 61.5 Å². The van der Waals surface area contributed by atoms with Crippen LogP contribution >= 0.6 is 0 Å². The molecular weight excluding hydrogens is 312 g/mol. The Kier molecular flexibility index (Phi) is 2.83. The number of hydrogen-bond acceptors (Lipinski definition) is 6. The minimum atomic E-state index is -0.619. The molecule has 0 unspecified atom stereocenters. The molecular formula is C18H20O6. The highest BCUT2D eigenvalue weighted by molar-refractivity contribution is 5.25. The zero-order valence-corrected chi connectivity index (χ0v) is 13.3. The highest BCUT2D eigenvalue weighted by Gasteiger charge is 2.79. The Hall–Kier alpha value is -1.02. The zero-order chi connectivity index (χ0) is 15.8. The van der Waals surface area contributed by atoms with Gasteiger partial charge in [0.2, 0.25) is 0 Å². The van der Waals surface area contributed by atoms with Gasteiger partial charge < -0.3 is 28.4 Å². The molecule has 1 aromatic carbocycles. The van der Waals surface area contributed by atoms with Gasteiger partial charge in [0.15, 0.2) is 0 Å². The van der Waals surface area contributed by atoms with E-state index in [9.17, 15) is 0 Å². The van der Waals surface area contributed by atoms with Crippen LogP contribution < -0.4 is 0 Å². The quantitative estimate of drug-likeness (QED) is 0.833. The maximum atomic E-state index is 6.30. The van der Waals surface area contributed by atoms with Crippen molar-refractivity contribution in [2.24, 2.45) is 0 Å². The van der Waals surface area contributed by atoms with Crippen LogP contribution in [0, 0.1) is 0 Å². The lowest BCUT2D eigenvalue weighted by molar-refractivity contribution is -0.549. The van der Waals surface area contributed by atoms with Crippen molar-refractivity contribution >= 4 is 0 Å². The van der Waals surface area contributed by atoms with Gasteiger partial charge in [0.05, 0.1) is 19.8 Å². The summed E-state index contributed by atoms with van der Waals surface area (Å²) in [6.07, 6.45) is 1.18. The van der Waals surface area contributed by atoms with E-state index < -0.39 is 17.7 Å². The number of hydrogen-bond donors (Lipinski definition) is 0. The Morgan fingerprint density at radius 2 is 1.54 bits per heavy atom. The van der Waals surface area contributed by atoms with Crippen molar-refractivity contribution in [3.05, 3.63) is 35.9 Å². The van der Waals surface area contributed by atoms with Gasteiger partial charge >= 0.3 is 0 Å². The van der Waals surface area contributed by atoms with Crippen LogP contribution in [0.1, 0.15) is 18.4 Å². The Balaban J connectivity index is 1.34. The SMILES string of the molecule is c1ccc(COC2[C@H]3OC4OC([C@@]35CCO5)[C@@]3(CCO3)[C@@H]2O4)cc1. The average molecular weight is 332 g/mol. The van der Waals surface area contributed by atoms with Crippen LogP contribution in [-0.4, -0.2) is 55.3 Å². The molecule has 5 heterocycles. The summed E-state index contributed by atoms with van der Waals surface area (Å²) in [6, 6.07) is 10.2. The standard InChI is InChI=1S/C18H20O6/c1-2-4-11(5-3-1)10-19-12-13-17(6-8-20-17)15-18(7-9-21-18)14(12)23-16(22-13)24-15/h1-5,12-16H,6-10H2/t12?,13-,14-,15?,16?,17-,18-/m1/s1. The van der Waals surface area contributed by atoms with E-state index in [-0.39, 0.29) is 24.4 Å². The molecule has 2 spiro atoms. The van der Waals surface area contributed by atoms with Crippen molar-refractivity contribution in [3.8, 4) is 0 Å². The first-order valence-electron chi connectivity index (χ1n) is 8.72. The lowest BCUT2D eigenvalue weighted by atomic mass is 9.60. The molecule has 1 aromatic rings. The second kappa shape index (κ2) is 4.78. The van der Waals surface area contributed by atoms with Gasteiger partial charge in [-0.15, -0.1) is 0 Å². The first-order valence-corrected chi connectivity index (χ1v) is 8.72. The van der Waals surface area contributed by atoms with Gasteiger partial charge in [-0.3, -0.25) is 0 Å². The van der Waals surface area contributed by atoms with E-state index in [1.807, 2.05) is 18.2 Å². The molecule has 6 heteroatoms. The van der Waals surface area contributed by atoms with Crippen LogP contribution in [0.3, 0.4) is 0 Å². The number of rotatable bonds is 3. The molecule has 5 aliphatic heterocycles. The fourth-order valence-electron chi connectivity index (χ4n) is 4.97. The summed E-state index contributed by atoms with van der Waals surface area (Å²) in [7, 11) is 0. The monoisotopic (exact) mass is 332 g/mol. The van der Waals surface area contributed by atoms with Gasteiger partial charge in [0.1, 0.15) is 35.6 Å². The topological polar surface area (TPSA) is 55.4 Å². The van der Waals surface area contributed by atoms with Gasteiger partial charge in [-0.25, -0.2) is 0 Å². The van der Waals surface area contributed by atoms with E-state index in [0.29, 0.717) is 6.61 Å². The van der Waals surface area contributed by atoms with Crippen molar-refractivity contribution in [1.29, 1.82) is 0 Å². The summed E-state index contributed by atoms with van der Waals surface area (Å²) in [5.41, 5.74) is 0.242. The predicted octanol–water partition coefficient (Wildman–Crippen LogP) is 1.37. The molecule has 7 rings (SSSR count). The van der Waals surface area contributed by atoms with E-state index in [4.69, 9.17) is 28.4 Å². The summed E-state index contributed by atoms with van der Waals surface area (Å²) in [4.78, 5) is 0. The molecule has 0 radical (unpaired) electrons. The summed E-state index contributed by atoms with van der Waals surface area (Å²) in [6.45, 7) is 1.37. The normalized spacial score (nSPS) is 50.9. The van der Waals surface area contributed by atoms with Crippen molar-refractivity contribution in [3.63, 3.8) is 0 Å². The van der Waals surface area contributed by atoms with Crippen molar-refractivity contribution in [1.82, 2.24) is 0 Å². The smallest absolute Gasteiger partial charge is 0.273 e. The molecule has 24 heavy (non-hydrogen) atoms. The third kappa shape index (κ3) is 1.62. The van der Waals surface area contributed by atoms with Gasteiger partial charge in [0.25, 0.3) is 6.48 Å². The van der Waals surface area contributed by atoms with E-state index in [1.165, 1.54) is 0 Å². The third-order valence-electron chi connectivity index (χ3n) is 6.22. The van der Waals surface area contributed by atoms with E-state index in [0.717, 1.165) is 31.6 Å². The largest absolute Gasteiger partial charge is 0.369 e.